The Bertz CT molecular complexity index is 830. The van der Waals surface area contributed by atoms with Crippen molar-refractivity contribution in [3.8, 4) is 0 Å². The van der Waals surface area contributed by atoms with Crippen molar-refractivity contribution in [1.82, 2.24) is 19.4 Å². The lowest BCUT2D eigenvalue weighted by Gasteiger charge is -2.08. The van der Waals surface area contributed by atoms with E-state index in [-0.39, 0.29) is 5.91 Å². The summed E-state index contributed by atoms with van der Waals surface area (Å²) in [6, 6.07) is 3.62. The van der Waals surface area contributed by atoms with Gasteiger partial charge in [-0.2, -0.15) is 0 Å². The van der Waals surface area contributed by atoms with Gasteiger partial charge in [-0.15, -0.1) is 0 Å². The van der Waals surface area contributed by atoms with Gasteiger partial charge in [0.05, 0.1) is 5.52 Å². The predicted octanol–water partition coefficient (Wildman–Crippen LogP) is 3.11. The molecular formula is C16H19BrN4O2. The molecule has 1 N–H and O–H groups in total. The van der Waals surface area contributed by atoms with E-state index in [1.165, 1.54) is 0 Å². The number of carbonyl (C=O) groups is 1. The summed E-state index contributed by atoms with van der Waals surface area (Å²) in [6.07, 6.45) is 5.57. The van der Waals surface area contributed by atoms with Crippen LogP contribution in [0.1, 0.15) is 29.7 Å². The van der Waals surface area contributed by atoms with E-state index in [2.05, 4.69) is 37.7 Å². The molecule has 0 fully saturated rings. The number of furan rings is 1. The number of rotatable bonds is 6. The first-order valence-electron chi connectivity index (χ1n) is 7.63. The summed E-state index contributed by atoms with van der Waals surface area (Å²) in [6.45, 7) is 3.56. The summed E-state index contributed by atoms with van der Waals surface area (Å²) < 4.78 is 10.1. The molecule has 0 saturated heterocycles. The number of hydrogen-bond donors (Lipinski definition) is 1. The highest BCUT2D eigenvalue weighted by molar-refractivity contribution is 9.10. The Balaban J connectivity index is 1.56. The van der Waals surface area contributed by atoms with Crippen LogP contribution < -0.4 is 5.32 Å². The fourth-order valence-corrected chi connectivity index (χ4v) is 3.09. The average Bonchev–Trinajstić information content (AvgIpc) is 3.20. The third kappa shape index (κ3) is 3.19. The molecular weight excluding hydrogens is 360 g/mol. The van der Waals surface area contributed by atoms with Gasteiger partial charge in [-0.1, -0.05) is 6.92 Å². The standard InChI is InChI=1S/C16H19BrN4O2/c1-3-15-18-6-8-21(15)7-4-5-19-16(22)12-9-13-11(20(12)2)10-14(17)23-13/h6,8-10H,3-5,7H2,1-2H3,(H,19,22). The Kier molecular flexibility index (Phi) is 4.56. The van der Waals surface area contributed by atoms with Crippen LogP contribution in [0.2, 0.25) is 0 Å². The summed E-state index contributed by atoms with van der Waals surface area (Å²) in [7, 11) is 1.86. The first-order valence-corrected chi connectivity index (χ1v) is 8.42. The van der Waals surface area contributed by atoms with Crippen LogP contribution in [0.4, 0.5) is 0 Å². The van der Waals surface area contributed by atoms with E-state index in [1.807, 2.05) is 30.1 Å². The highest BCUT2D eigenvalue weighted by atomic mass is 79.9. The van der Waals surface area contributed by atoms with E-state index in [0.29, 0.717) is 22.5 Å². The number of imidazole rings is 1. The van der Waals surface area contributed by atoms with Crippen LogP contribution in [0, 0.1) is 0 Å². The first kappa shape index (κ1) is 15.9. The minimum atomic E-state index is -0.0867. The van der Waals surface area contributed by atoms with Gasteiger partial charge in [-0.25, -0.2) is 4.98 Å². The minimum absolute atomic E-state index is 0.0867. The topological polar surface area (TPSA) is 65.0 Å². The third-order valence-corrected chi connectivity index (χ3v) is 4.30. The van der Waals surface area contributed by atoms with E-state index < -0.39 is 0 Å². The fourth-order valence-electron chi connectivity index (χ4n) is 2.70. The lowest BCUT2D eigenvalue weighted by Crippen LogP contribution is -2.27. The summed E-state index contributed by atoms with van der Waals surface area (Å²) >= 11 is 3.29. The van der Waals surface area contributed by atoms with Crippen LogP contribution in [0.25, 0.3) is 11.1 Å². The zero-order valence-electron chi connectivity index (χ0n) is 13.2. The van der Waals surface area contributed by atoms with Crippen LogP contribution in [-0.4, -0.2) is 26.6 Å². The summed E-state index contributed by atoms with van der Waals surface area (Å²) in [5, 5.41) is 2.96. The summed E-state index contributed by atoms with van der Waals surface area (Å²) in [4.78, 5) is 16.6. The van der Waals surface area contributed by atoms with Crippen molar-refractivity contribution in [1.29, 1.82) is 0 Å². The maximum Gasteiger partial charge on any atom is 0.268 e. The Morgan fingerprint density at radius 3 is 3.00 bits per heavy atom. The fraction of sp³-hybridized carbons (Fsp3) is 0.375. The van der Waals surface area contributed by atoms with E-state index >= 15 is 0 Å². The van der Waals surface area contributed by atoms with Crippen molar-refractivity contribution in [2.45, 2.75) is 26.3 Å². The first-order chi connectivity index (χ1) is 11.1. The van der Waals surface area contributed by atoms with E-state index in [1.54, 1.807) is 6.07 Å². The number of nitrogens with zero attached hydrogens (tertiary/aromatic N) is 3. The minimum Gasteiger partial charge on any atom is -0.448 e. The van der Waals surface area contributed by atoms with Crippen molar-refractivity contribution in [3.05, 3.63) is 40.7 Å². The molecule has 3 rings (SSSR count). The molecule has 0 spiro atoms. The summed E-state index contributed by atoms with van der Waals surface area (Å²) in [5.41, 5.74) is 2.20. The number of aromatic nitrogens is 3. The second kappa shape index (κ2) is 6.62. The Morgan fingerprint density at radius 2 is 2.26 bits per heavy atom. The molecule has 0 aliphatic heterocycles. The maximum atomic E-state index is 12.3. The molecule has 7 heteroatoms. The Hall–Kier alpha value is -2.02. The summed E-state index contributed by atoms with van der Waals surface area (Å²) in [5.74, 6) is 0.987. The number of fused-ring (bicyclic) bond motifs is 1. The molecule has 0 aliphatic carbocycles. The van der Waals surface area contributed by atoms with Crippen LogP contribution >= 0.6 is 15.9 Å². The highest BCUT2D eigenvalue weighted by Crippen LogP contribution is 2.25. The van der Waals surface area contributed by atoms with Crippen molar-refractivity contribution in [2.24, 2.45) is 7.05 Å². The Labute approximate surface area is 142 Å². The zero-order chi connectivity index (χ0) is 16.4. The van der Waals surface area contributed by atoms with Gasteiger partial charge in [0.1, 0.15) is 11.5 Å². The van der Waals surface area contributed by atoms with Gasteiger partial charge >= 0.3 is 0 Å². The monoisotopic (exact) mass is 378 g/mol. The van der Waals surface area contributed by atoms with E-state index in [9.17, 15) is 4.79 Å². The molecule has 0 bridgehead atoms. The van der Waals surface area contributed by atoms with Gasteiger partial charge in [0.15, 0.2) is 10.3 Å². The highest BCUT2D eigenvalue weighted by Gasteiger charge is 2.15. The van der Waals surface area contributed by atoms with Gasteiger partial charge in [0, 0.05) is 51.1 Å². The van der Waals surface area contributed by atoms with Crippen molar-refractivity contribution >= 4 is 32.9 Å². The van der Waals surface area contributed by atoms with Gasteiger partial charge in [0.25, 0.3) is 5.91 Å². The van der Waals surface area contributed by atoms with Gasteiger partial charge in [-0.05, 0) is 22.4 Å². The predicted molar refractivity (Wildman–Crippen MR) is 91.4 cm³/mol. The molecule has 0 aliphatic rings. The van der Waals surface area contributed by atoms with Gasteiger partial charge in [-0.3, -0.25) is 4.79 Å². The lowest BCUT2D eigenvalue weighted by molar-refractivity contribution is 0.0945. The van der Waals surface area contributed by atoms with Crippen LogP contribution in [-0.2, 0) is 20.0 Å². The van der Waals surface area contributed by atoms with Crippen LogP contribution in [0.3, 0.4) is 0 Å². The van der Waals surface area contributed by atoms with E-state index in [4.69, 9.17) is 4.42 Å². The third-order valence-electron chi connectivity index (χ3n) is 3.91. The number of halogens is 1. The van der Waals surface area contributed by atoms with Gasteiger partial charge < -0.3 is 18.9 Å². The molecule has 0 aromatic carbocycles. The Morgan fingerprint density at radius 1 is 1.43 bits per heavy atom. The molecule has 122 valence electrons. The second-order valence-corrected chi connectivity index (χ2v) is 6.17. The molecule has 0 radical (unpaired) electrons. The number of nitrogens with one attached hydrogen (secondary N) is 1. The number of hydrogen-bond acceptors (Lipinski definition) is 3. The van der Waals surface area contributed by atoms with Crippen LogP contribution in [0.15, 0.2) is 33.6 Å². The van der Waals surface area contributed by atoms with Crippen LogP contribution in [0.5, 0.6) is 0 Å². The van der Waals surface area contributed by atoms with Crippen molar-refractivity contribution in [2.75, 3.05) is 6.54 Å². The molecule has 3 aromatic heterocycles. The second-order valence-electron chi connectivity index (χ2n) is 5.39. The molecule has 1 amide bonds. The molecule has 23 heavy (non-hydrogen) atoms. The number of carbonyl (C=O) groups excluding carboxylic acids is 1. The molecule has 3 heterocycles. The zero-order valence-corrected chi connectivity index (χ0v) is 14.8. The molecule has 6 nitrogen and oxygen atoms in total. The molecule has 3 aromatic rings. The van der Waals surface area contributed by atoms with Crippen molar-refractivity contribution < 1.29 is 9.21 Å². The molecule has 0 unspecified atom stereocenters. The number of aryl methyl sites for hydroxylation is 3. The van der Waals surface area contributed by atoms with E-state index in [0.717, 1.165) is 30.7 Å². The smallest absolute Gasteiger partial charge is 0.268 e. The number of amides is 1. The normalized spacial score (nSPS) is 11.3. The van der Waals surface area contributed by atoms with Gasteiger partial charge in [0.2, 0.25) is 0 Å². The lowest BCUT2D eigenvalue weighted by atomic mass is 10.3. The quantitative estimate of drug-likeness (QED) is 0.670. The maximum absolute atomic E-state index is 12.3. The van der Waals surface area contributed by atoms with Crippen molar-refractivity contribution in [3.63, 3.8) is 0 Å². The molecule has 0 atom stereocenters. The largest absolute Gasteiger partial charge is 0.448 e. The molecule has 0 saturated carbocycles. The SMILES string of the molecule is CCc1nccn1CCCNC(=O)c1cc2oc(Br)cc2n1C. The average molecular weight is 379 g/mol.